The van der Waals surface area contributed by atoms with Crippen LogP contribution in [0, 0.1) is 0 Å². The molecule has 1 amide bonds. The molecule has 0 bridgehead atoms. The number of pyridine rings is 1. The lowest BCUT2D eigenvalue weighted by atomic mass is 10.2. The van der Waals surface area contributed by atoms with Crippen molar-refractivity contribution in [3.05, 3.63) is 53.3 Å². The molecule has 1 aromatic carbocycles. The zero-order valence-electron chi connectivity index (χ0n) is 15.5. The number of carbonyl (C=O) groups excluding carboxylic acids is 2. The van der Waals surface area contributed by atoms with Crippen LogP contribution in [-0.2, 0) is 19.6 Å². The van der Waals surface area contributed by atoms with Crippen molar-refractivity contribution in [3.8, 4) is 0 Å². The van der Waals surface area contributed by atoms with Gasteiger partial charge in [-0.2, -0.15) is 0 Å². The number of ether oxygens (including phenoxy) is 1. The van der Waals surface area contributed by atoms with Crippen LogP contribution in [0.3, 0.4) is 0 Å². The zero-order valence-corrected chi connectivity index (χ0v) is 17.0. The molecule has 0 spiro atoms. The number of amides is 1. The number of nitrogens with zero attached hydrogens (tertiary/aromatic N) is 1. The van der Waals surface area contributed by atoms with Crippen molar-refractivity contribution < 1.29 is 22.7 Å². The first-order valence-electron chi connectivity index (χ1n) is 8.35. The van der Waals surface area contributed by atoms with Crippen LogP contribution in [0.2, 0.25) is 5.15 Å². The molecule has 0 aliphatic heterocycles. The summed E-state index contributed by atoms with van der Waals surface area (Å²) in [7, 11) is -3.66. The van der Waals surface area contributed by atoms with Gasteiger partial charge in [-0.3, -0.25) is 4.79 Å². The molecular weight excluding hydrogens is 406 g/mol. The number of nitrogens with one attached hydrogen (secondary N) is 2. The SMILES string of the molecule is CC(C)NS(=O)(=O)c1ccc(C(=O)OC(C)C(=O)Nc2cccnc2Cl)cc1. The van der Waals surface area contributed by atoms with E-state index in [-0.39, 0.29) is 21.7 Å². The zero-order chi connectivity index (χ0) is 20.9. The largest absolute Gasteiger partial charge is 0.449 e. The second-order valence-electron chi connectivity index (χ2n) is 6.18. The van der Waals surface area contributed by atoms with E-state index in [2.05, 4.69) is 15.0 Å². The number of halogens is 1. The van der Waals surface area contributed by atoms with Crippen LogP contribution in [0.4, 0.5) is 5.69 Å². The minimum Gasteiger partial charge on any atom is -0.449 e. The van der Waals surface area contributed by atoms with Crippen molar-refractivity contribution in [1.29, 1.82) is 0 Å². The molecule has 1 atom stereocenters. The normalized spacial score (nSPS) is 12.5. The molecule has 1 unspecified atom stereocenters. The summed E-state index contributed by atoms with van der Waals surface area (Å²) >= 11 is 5.87. The van der Waals surface area contributed by atoms with E-state index in [0.717, 1.165) is 0 Å². The molecule has 1 aromatic heterocycles. The monoisotopic (exact) mass is 425 g/mol. The number of esters is 1. The fourth-order valence-corrected chi connectivity index (χ4v) is 3.56. The van der Waals surface area contributed by atoms with E-state index < -0.39 is 28.0 Å². The molecular formula is C18H20ClN3O5S. The number of anilines is 1. The van der Waals surface area contributed by atoms with Crippen LogP contribution in [0.15, 0.2) is 47.5 Å². The Morgan fingerprint density at radius 3 is 2.32 bits per heavy atom. The fraction of sp³-hybridized carbons (Fsp3) is 0.278. The van der Waals surface area contributed by atoms with Crippen molar-refractivity contribution >= 4 is 39.2 Å². The van der Waals surface area contributed by atoms with Gasteiger partial charge in [-0.15, -0.1) is 0 Å². The van der Waals surface area contributed by atoms with E-state index in [4.69, 9.17) is 16.3 Å². The van der Waals surface area contributed by atoms with Gasteiger partial charge in [-0.1, -0.05) is 11.6 Å². The molecule has 0 aliphatic carbocycles. The van der Waals surface area contributed by atoms with Gasteiger partial charge in [0, 0.05) is 12.2 Å². The Bertz CT molecular complexity index is 961. The summed E-state index contributed by atoms with van der Waals surface area (Å²) in [6.45, 7) is 4.81. The van der Waals surface area contributed by atoms with Gasteiger partial charge in [0.1, 0.15) is 0 Å². The molecule has 10 heteroatoms. The summed E-state index contributed by atoms with van der Waals surface area (Å²) in [5, 5.41) is 2.63. The Labute approximate surface area is 168 Å². The molecule has 2 N–H and O–H groups in total. The second kappa shape index (κ2) is 9.13. The highest BCUT2D eigenvalue weighted by Crippen LogP contribution is 2.18. The first-order valence-corrected chi connectivity index (χ1v) is 10.2. The van der Waals surface area contributed by atoms with Crippen LogP contribution < -0.4 is 10.0 Å². The van der Waals surface area contributed by atoms with Gasteiger partial charge in [-0.25, -0.2) is 22.9 Å². The maximum absolute atomic E-state index is 12.2. The summed E-state index contributed by atoms with van der Waals surface area (Å²) < 4.78 is 31.8. The summed E-state index contributed by atoms with van der Waals surface area (Å²) in [6.07, 6.45) is 0.372. The van der Waals surface area contributed by atoms with E-state index in [1.54, 1.807) is 26.0 Å². The molecule has 0 saturated heterocycles. The van der Waals surface area contributed by atoms with Crippen LogP contribution in [0.25, 0.3) is 0 Å². The molecule has 2 aromatic rings. The van der Waals surface area contributed by atoms with Crippen LogP contribution in [-0.4, -0.2) is 37.4 Å². The highest BCUT2D eigenvalue weighted by molar-refractivity contribution is 7.89. The maximum Gasteiger partial charge on any atom is 0.338 e. The minimum absolute atomic E-state index is 0.0229. The van der Waals surface area contributed by atoms with Gasteiger partial charge in [0.05, 0.1) is 16.1 Å². The van der Waals surface area contributed by atoms with Crippen molar-refractivity contribution in [2.24, 2.45) is 0 Å². The average Bonchev–Trinajstić information content (AvgIpc) is 2.62. The van der Waals surface area contributed by atoms with Crippen molar-refractivity contribution in [3.63, 3.8) is 0 Å². The number of hydrogen-bond acceptors (Lipinski definition) is 6. The Hall–Kier alpha value is -2.49. The number of benzene rings is 1. The molecule has 0 saturated carbocycles. The summed E-state index contributed by atoms with van der Waals surface area (Å²) in [5.41, 5.74) is 0.409. The Balaban J connectivity index is 2.02. The van der Waals surface area contributed by atoms with Gasteiger partial charge >= 0.3 is 5.97 Å². The number of carbonyl (C=O) groups is 2. The molecule has 2 rings (SSSR count). The lowest BCUT2D eigenvalue weighted by Gasteiger charge is -2.14. The van der Waals surface area contributed by atoms with E-state index in [1.165, 1.54) is 37.4 Å². The Morgan fingerprint density at radius 1 is 1.11 bits per heavy atom. The van der Waals surface area contributed by atoms with Gasteiger partial charge in [-0.05, 0) is 57.2 Å². The van der Waals surface area contributed by atoms with Gasteiger partial charge < -0.3 is 10.1 Å². The molecule has 0 fully saturated rings. The maximum atomic E-state index is 12.2. The van der Waals surface area contributed by atoms with Crippen LogP contribution in [0.5, 0.6) is 0 Å². The minimum atomic E-state index is -3.66. The van der Waals surface area contributed by atoms with E-state index >= 15 is 0 Å². The highest BCUT2D eigenvalue weighted by Gasteiger charge is 2.21. The lowest BCUT2D eigenvalue weighted by molar-refractivity contribution is -0.123. The quantitative estimate of drug-likeness (QED) is 0.520. The molecule has 1 heterocycles. The summed E-state index contributed by atoms with van der Waals surface area (Å²) in [5.74, 6) is -1.34. The van der Waals surface area contributed by atoms with Crippen molar-refractivity contribution in [2.45, 2.75) is 37.8 Å². The second-order valence-corrected chi connectivity index (χ2v) is 8.25. The Kier molecular flexibility index (Phi) is 7.11. The number of hydrogen-bond donors (Lipinski definition) is 2. The highest BCUT2D eigenvalue weighted by atomic mass is 35.5. The first kappa shape index (κ1) is 21.8. The van der Waals surface area contributed by atoms with Gasteiger partial charge in [0.25, 0.3) is 5.91 Å². The first-order chi connectivity index (χ1) is 13.1. The lowest BCUT2D eigenvalue weighted by Crippen LogP contribution is -2.30. The predicted molar refractivity (Wildman–Crippen MR) is 105 cm³/mol. The third-order valence-electron chi connectivity index (χ3n) is 3.46. The summed E-state index contributed by atoms with van der Waals surface area (Å²) in [6, 6.07) is 8.12. The molecule has 8 nitrogen and oxygen atoms in total. The Morgan fingerprint density at radius 2 is 1.75 bits per heavy atom. The van der Waals surface area contributed by atoms with E-state index in [0.29, 0.717) is 5.69 Å². The van der Waals surface area contributed by atoms with Crippen molar-refractivity contribution in [2.75, 3.05) is 5.32 Å². The third kappa shape index (κ3) is 5.75. The summed E-state index contributed by atoms with van der Waals surface area (Å²) in [4.78, 5) is 28.2. The fourth-order valence-electron chi connectivity index (χ4n) is 2.14. The molecule has 150 valence electrons. The molecule has 0 radical (unpaired) electrons. The predicted octanol–water partition coefficient (Wildman–Crippen LogP) is 2.61. The van der Waals surface area contributed by atoms with Crippen LogP contribution >= 0.6 is 11.6 Å². The van der Waals surface area contributed by atoms with Crippen LogP contribution in [0.1, 0.15) is 31.1 Å². The topological polar surface area (TPSA) is 114 Å². The average molecular weight is 426 g/mol. The number of aromatic nitrogens is 1. The van der Waals surface area contributed by atoms with E-state index in [9.17, 15) is 18.0 Å². The van der Waals surface area contributed by atoms with Gasteiger partial charge in [0.2, 0.25) is 10.0 Å². The van der Waals surface area contributed by atoms with Gasteiger partial charge in [0.15, 0.2) is 11.3 Å². The standard InChI is InChI=1S/C18H20ClN3O5S/c1-11(2)22-28(25,26)14-8-6-13(7-9-14)18(24)27-12(3)17(23)21-15-5-4-10-20-16(15)19/h4-12,22H,1-3H3,(H,21,23). The molecule has 28 heavy (non-hydrogen) atoms. The smallest absolute Gasteiger partial charge is 0.338 e. The number of sulfonamides is 1. The third-order valence-corrected chi connectivity index (χ3v) is 5.44. The van der Waals surface area contributed by atoms with Crippen molar-refractivity contribution in [1.82, 2.24) is 9.71 Å². The molecule has 0 aliphatic rings. The van der Waals surface area contributed by atoms with E-state index in [1.807, 2.05) is 0 Å². The number of rotatable bonds is 7.